The third-order valence-electron chi connectivity index (χ3n) is 6.64. The van der Waals surface area contributed by atoms with Crippen LogP contribution in [0.4, 0.5) is 5.69 Å². The van der Waals surface area contributed by atoms with Crippen LogP contribution in [0, 0.1) is 6.92 Å². The predicted molar refractivity (Wildman–Crippen MR) is 143 cm³/mol. The van der Waals surface area contributed by atoms with Crippen molar-refractivity contribution in [2.24, 2.45) is 0 Å². The Morgan fingerprint density at radius 3 is 2.50 bits per heavy atom. The highest BCUT2D eigenvalue weighted by Gasteiger charge is 2.28. The van der Waals surface area contributed by atoms with E-state index in [-0.39, 0.29) is 23.2 Å². The van der Waals surface area contributed by atoms with Crippen molar-refractivity contribution >= 4 is 29.0 Å². The standard InChI is InChI=1S/C29H31N3O4/c1-5-32(6-2)14-13-17(3)28(35)26-18(4)30-24(27(26)21-12-11-19(33)15-25(21)34)16-22-20-9-7-8-10-23(20)31-29(22)36/h7-12,15-16,30,33-34H,3,5-6,13-14H2,1-2,4H3,(H,31,36)/b22-16-. The second-order valence-corrected chi connectivity index (χ2v) is 8.88. The molecule has 4 rings (SSSR count). The van der Waals surface area contributed by atoms with Crippen molar-refractivity contribution in [2.45, 2.75) is 27.2 Å². The van der Waals surface area contributed by atoms with E-state index in [1.807, 2.05) is 24.3 Å². The monoisotopic (exact) mass is 485 g/mol. The number of para-hydroxylation sites is 1. The summed E-state index contributed by atoms with van der Waals surface area (Å²) >= 11 is 0. The number of fused-ring (bicyclic) bond motifs is 1. The summed E-state index contributed by atoms with van der Waals surface area (Å²) in [5.74, 6) is -0.739. The summed E-state index contributed by atoms with van der Waals surface area (Å²) < 4.78 is 0. The van der Waals surface area contributed by atoms with Crippen LogP contribution in [0.25, 0.3) is 22.8 Å². The molecule has 0 fully saturated rings. The molecule has 7 nitrogen and oxygen atoms in total. The van der Waals surface area contributed by atoms with E-state index in [4.69, 9.17) is 0 Å². The van der Waals surface area contributed by atoms with Gasteiger partial charge in [0.25, 0.3) is 5.91 Å². The van der Waals surface area contributed by atoms with Crippen molar-refractivity contribution in [3.05, 3.63) is 77.1 Å². The maximum Gasteiger partial charge on any atom is 0.256 e. The van der Waals surface area contributed by atoms with E-state index in [2.05, 4.69) is 35.6 Å². The van der Waals surface area contributed by atoms with Crippen molar-refractivity contribution in [2.75, 3.05) is 25.0 Å². The van der Waals surface area contributed by atoms with Crippen molar-refractivity contribution < 1.29 is 19.8 Å². The Morgan fingerprint density at radius 1 is 1.08 bits per heavy atom. The number of aryl methyl sites for hydroxylation is 1. The highest BCUT2D eigenvalue weighted by atomic mass is 16.3. The Hall–Kier alpha value is -4.10. The minimum absolute atomic E-state index is 0.0935. The lowest BCUT2D eigenvalue weighted by Gasteiger charge is -2.18. The molecule has 1 aromatic heterocycles. The van der Waals surface area contributed by atoms with E-state index < -0.39 is 0 Å². The highest BCUT2D eigenvalue weighted by molar-refractivity contribution is 6.35. The first-order valence-electron chi connectivity index (χ1n) is 12.1. The van der Waals surface area contributed by atoms with Crippen LogP contribution in [-0.4, -0.2) is 51.4 Å². The number of aromatic hydroxyl groups is 2. The summed E-state index contributed by atoms with van der Waals surface area (Å²) in [6.07, 6.45) is 2.21. The molecule has 3 aromatic rings. The molecule has 0 saturated heterocycles. The van der Waals surface area contributed by atoms with Gasteiger partial charge < -0.3 is 25.4 Å². The van der Waals surface area contributed by atoms with Crippen molar-refractivity contribution in [3.8, 4) is 22.6 Å². The summed E-state index contributed by atoms with van der Waals surface area (Å²) in [7, 11) is 0. The molecule has 1 aliphatic heterocycles. The minimum atomic E-state index is -0.249. The van der Waals surface area contributed by atoms with Crippen LogP contribution in [0.2, 0.25) is 0 Å². The SMILES string of the molecule is C=C(CCN(CC)CC)C(=O)c1c(C)[nH]c(/C=C2\C(=O)Nc3ccccc32)c1-c1ccc(O)cc1O. The first kappa shape index (κ1) is 25.0. The molecular formula is C29H31N3O4. The second-order valence-electron chi connectivity index (χ2n) is 8.88. The molecule has 2 aromatic carbocycles. The number of anilines is 1. The molecule has 1 amide bonds. The third-order valence-corrected chi connectivity index (χ3v) is 6.64. The molecule has 0 spiro atoms. The average Bonchev–Trinajstić information content (AvgIpc) is 3.35. The molecule has 36 heavy (non-hydrogen) atoms. The fraction of sp³-hybridized carbons (Fsp3) is 0.241. The largest absolute Gasteiger partial charge is 0.508 e. The summed E-state index contributed by atoms with van der Waals surface area (Å²) in [6.45, 7) is 12.5. The first-order valence-corrected chi connectivity index (χ1v) is 12.1. The second kappa shape index (κ2) is 10.3. The topological polar surface area (TPSA) is 106 Å². The highest BCUT2D eigenvalue weighted by Crippen LogP contribution is 2.41. The summed E-state index contributed by atoms with van der Waals surface area (Å²) in [5.41, 5.74) is 4.72. The average molecular weight is 486 g/mol. The van der Waals surface area contributed by atoms with E-state index in [1.165, 1.54) is 12.1 Å². The summed E-state index contributed by atoms with van der Waals surface area (Å²) in [4.78, 5) is 31.9. The van der Waals surface area contributed by atoms with E-state index in [0.717, 1.165) is 18.7 Å². The van der Waals surface area contributed by atoms with Crippen LogP contribution in [0.1, 0.15) is 47.6 Å². The Kier molecular flexibility index (Phi) is 7.12. The molecule has 2 heterocycles. The fourth-order valence-electron chi connectivity index (χ4n) is 4.60. The van der Waals surface area contributed by atoms with E-state index in [9.17, 15) is 19.8 Å². The molecule has 0 aliphatic carbocycles. The Bertz CT molecular complexity index is 1380. The Balaban J connectivity index is 1.84. The fourth-order valence-corrected chi connectivity index (χ4v) is 4.60. The lowest BCUT2D eigenvalue weighted by atomic mass is 9.92. The number of rotatable bonds is 9. The zero-order valence-corrected chi connectivity index (χ0v) is 20.8. The number of phenols is 2. The number of hydrogen-bond acceptors (Lipinski definition) is 5. The molecule has 0 unspecified atom stereocenters. The third kappa shape index (κ3) is 4.70. The number of nitrogens with one attached hydrogen (secondary N) is 2. The molecule has 0 saturated carbocycles. The van der Waals surface area contributed by atoms with Gasteiger partial charge in [-0.25, -0.2) is 0 Å². The van der Waals surface area contributed by atoms with Gasteiger partial charge in [-0.3, -0.25) is 9.59 Å². The maximum atomic E-state index is 13.7. The van der Waals surface area contributed by atoms with Gasteiger partial charge in [0.15, 0.2) is 5.78 Å². The van der Waals surface area contributed by atoms with Crippen LogP contribution in [0.15, 0.2) is 54.6 Å². The van der Waals surface area contributed by atoms with Gasteiger partial charge >= 0.3 is 0 Å². The lowest BCUT2D eigenvalue weighted by molar-refractivity contribution is -0.110. The van der Waals surface area contributed by atoms with Crippen molar-refractivity contribution in [1.29, 1.82) is 0 Å². The smallest absolute Gasteiger partial charge is 0.256 e. The van der Waals surface area contributed by atoms with Gasteiger partial charge in [-0.15, -0.1) is 0 Å². The van der Waals surface area contributed by atoms with Crippen LogP contribution in [0.3, 0.4) is 0 Å². The molecule has 1 aliphatic rings. The van der Waals surface area contributed by atoms with Gasteiger partial charge in [0, 0.05) is 46.4 Å². The number of carbonyl (C=O) groups is 2. The van der Waals surface area contributed by atoms with Gasteiger partial charge in [-0.05, 0) is 56.3 Å². The van der Waals surface area contributed by atoms with Crippen LogP contribution in [-0.2, 0) is 4.79 Å². The van der Waals surface area contributed by atoms with Gasteiger partial charge in [0.05, 0.1) is 11.1 Å². The van der Waals surface area contributed by atoms with Gasteiger partial charge in [0.2, 0.25) is 0 Å². The molecular weight excluding hydrogens is 454 g/mol. The summed E-state index contributed by atoms with van der Waals surface area (Å²) in [5, 5.41) is 23.4. The quantitative estimate of drug-likeness (QED) is 0.241. The van der Waals surface area contributed by atoms with E-state index >= 15 is 0 Å². The number of benzene rings is 2. The van der Waals surface area contributed by atoms with Crippen molar-refractivity contribution in [3.63, 3.8) is 0 Å². The van der Waals surface area contributed by atoms with Crippen molar-refractivity contribution in [1.82, 2.24) is 9.88 Å². The first-order chi connectivity index (χ1) is 17.2. The van der Waals surface area contributed by atoms with Gasteiger partial charge in [-0.1, -0.05) is 38.6 Å². The predicted octanol–water partition coefficient (Wildman–Crippen LogP) is 5.36. The maximum absolute atomic E-state index is 13.7. The zero-order chi connectivity index (χ0) is 26.0. The van der Waals surface area contributed by atoms with Gasteiger partial charge in [0.1, 0.15) is 11.5 Å². The van der Waals surface area contributed by atoms with E-state index in [0.29, 0.717) is 57.9 Å². The number of H-pyrrole nitrogens is 1. The molecule has 0 bridgehead atoms. The number of aromatic nitrogens is 1. The molecule has 0 radical (unpaired) electrons. The number of Topliss-reactive ketones (excluding diaryl/α,β-unsaturated/α-hetero) is 1. The number of aromatic amines is 1. The molecule has 4 N–H and O–H groups in total. The summed E-state index contributed by atoms with van der Waals surface area (Å²) in [6, 6.07) is 11.6. The number of carbonyl (C=O) groups excluding carboxylic acids is 2. The Labute approximate surface area is 210 Å². The molecule has 7 heteroatoms. The Morgan fingerprint density at radius 2 is 1.81 bits per heavy atom. The number of ketones is 1. The molecule has 186 valence electrons. The van der Waals surface area contributed by atoms with Crippen LogP contribution < -0.4 is 5.32 Å². The number of phenolic OH excluding ortho intramolecular Hbond substituents is 2. The van der Waals surface area contributed by atoms with Crippen LogP contribution in [0.5, 0.6) is 11.5 Å². The lowest BCUT2D eigenvalue weighted by Crippen LogP contribution is -2.25. The molecule has 0 atom stereocenters. The minimum Gasteiger partial charge on any atom is -0.508 e. The normalized spacial score (nSPS) is 13.8. The number of nitrogens with zero attached hydrogens (tertiary/aromatic N) is 1. The number of amides is 1. The zero-order valence-electron chi connectivity index (χ0n) is 20.8. The van der Waals surface area contributed by atoms with Crippen LogP contribution >= 0.6 is 0 Å². The van der Waals surface area contributed by atoms with Gasteiger partial charge in [-0.2, -0.15) is 0 Å². The number of hydrogen-bond donors (Lipinski definition) is 4. The van der Waals surface area contributed by atoms with E-state index in [1.54, 1.807) is 19.1 Å².